The molecule has 0 aromatic heterocycles. The molecule has 19 heavy (non-hydrogen) atoms. The Kier molecular flexibility index (Phi) is 5.03. The molecule has 0 fully saturated rings. The molecule has 0 aliphatic heterocycles. The van der Waals surface area contributed by atoms with Crippen LogP contribution >= 0.6 is 15.9 Å². The van der Waals surface area contributed by atoms with Gasteiger partial charge in [-0.2, -0.15) is 0 Å². The summed E-state index contributed by atoms with van der Waals surface area (Å²) in [6.45, 7) is 5.07. The lowest BCUT2D eigenvalue weighted by atomic mass is 10.0. The number of fused-ring (bicyclic) bond motifs is 1. The Balaban J connectivity index is 2.04. The Hall–Kier alpha value is -0.830. The van der Waals surface area contributed by atoms with Crippen molar-refractivity contribution in [3.8, 4) is 0 Å². The Labute approximate surface area is 124 Å². The summed E-state index contributed by atoms with van der Waals surface area (Å²) in [6.07, 6.45) is 2.84. The number of nitrogens with zero attached hydrogens (tertiary/aromatic N) is 1. The van der Waals surface area contributed by atoms with E-state index >= 15 is 0 Å². The van der Waals surface area contributed by atoms with Crippen molar-refractivity contribution in [2.24, 2.45) is 5.92 Å². The summed E-state index contributed by atoms with van der Waals surface area (Å²) < 4.78 is 0. The highest BCUT2D eigenvalue weighted by Gasteiger charge is 2.31. The van der Waals surface area contributed by atoms with Crippen molar-refractivity contribution in [3.05, 3.63) is 35.4 Å². The third kappa shape index (κ3) is 3.38. The first-order chi connectivity index (χ1) is 9.13. The molecule has 0 spiro atoms. The minimum absolute atomic E-state index is 0.148. The lowest BCUT2D eigenvalue weighted by molar-refractivity contribution is -0.137. The first-order valence-corrected chi connectivity index (χ1v) is 8.19. The predicted molar refractivity (Wildman–Crippen MR) is 82.6 cm³/mol. The normalized spacial score (nSPS) is 14.7. The first kappa shape index (κ1) is 14.6. The van der Waals surface area contributed by atoms with Crippen molar-refractivity contribution in [1.29, 1.82) is 0 Å². The Morgan fingerprint density at radius 2 is 1.89 bits per heavy atom. The zero-order valence-electron chi connectivity index (χ0n) is 11.7. The topological polar surface area (TPSA) is 20.3 Å². The lowest BCUT2D eigenvalue weighted by Gasteiger charge is -2.29. The number of carbonyl (C=O) groups is 1. The second-order valence-corrected chi connectivity index (χ2v) is 6.33. The molecule has 0 heterocycles. The number of hydrogen-bond donors (Lipinski definition) is 0. The van der Waals surface area contributed by atoms with E-state index in [4.69, 9.17) is 0 Å². The number of carbonyl (C=O) groups excluding carboxylic acids is 1. The summed E-state index contributed by atoms with van der Waals surface area (Å²) in [7, 11) is 0. The van der Waals surface area contributed by atoms with Gasteiger partial charge in [0.15, 0.2) is 0 Å². The maximum absolute atomic E-state index is 12.7. The van der Waals surface area contributed by atoms with E-state index in [1.807, 2.05) is 4.90 Å². The van der Waals surface area contributed by atoms with Crippen molar-refractivity contribution >= 4 is 21.8 Å². The lowest BCUT2D eigenvalue weighted by Crippen LogP contribution is -2.42. The third-order valence-corrected chi connectivity index (χ3v) is 4.40. The molecule has 0 saturated carbocycles. The Bertz CT molecular complexity index is 419. The van der Waals surface area contributed by atoms with Gasteiger partial charge < -0.3 is 4.90 Å². The summed E-state index contributed by atoms with van der Waals surface area (Å²) in [5.41, 5.74) is 2.70. The monoisotopic (exact) mass is 323 g/mol. The summed E-state index contributed by atoms with van der Waals surface area (Å²) in [5, 5.41) is 0.953. The quantitative estimate of drug-likeness (QED) is 0.760. The van der Waals surface area contributed by atoms with Gasteiger partial charge >= 0.3 is 0 Å². The highest BCUT2D eigenvalue weighted by Crippen LogP contribution is 2.28. The Morgan fingerprint density at radius 3 is 2.37 bits per heavy atom. The van der Waals surface area contributed by atoms with Crippen LogP contribution in [-0.4, -0.2) is 28.7 Å². The molecule has 0 unspecified atom stereocenters. The van der Waals surface area contributed by atoms with Crippen LogP contribution in [-0.2, 0) is 17.6 Å². The van der Waals surface area contributed by atoms with Crippen LogP contribution in [0.15, 0.2) is 24.3 Å². The molecule has 104 valence electrons. The molecule has 2 rings (SSSR count). The second-order valence-electron chi connectivity index (χ2n) is 5.54. The van der Waals surface area contributed by atoms with Gasteiger partial charge in [-0.05, 0) is 44.2 Å². The highest BCUT2D eigenvalue weighted by molar-refractivity contribution is 9.09. The fourth-order valence-electron chi connectivity index (χ4n) is 2.82. The van der Waals surface area contributed by atoms with Gasteiger partial charge in [0.2, 0.25) is 5.91 Å². The molecule has 1 aliphatic rings. The van der Waals surface area contributed by atoms with E-state index in [-0.39, 0.29) is 12.0 Å². The van der Waals surface area contributed by atoms with Gasteiger partial charge in [0.25, 0.3) is 0 Å². The maximum atomic E-state index is 12.7. The zero-order valence-corrected chi connectivity index (χ0v) is 13.3. The third-order valence-electron chi connectivity index (χ3n) is 3.84. The van der Waals surface area contributed by atoms with Crippen molar-refractivity contribution < 1.29 is 4.79 Å². The number of benzene rings is 1. The molecular formula is C16H22BrNO. The van der Waals surface area contributed by atoms with Crippen molar-refractivity contribution in [1.82, 2.24) is 4.90 Å². The van der Waals surface area contributed by atoms with E-state index in [0.717, 1.165) is 31.1 Å². The molecular weight excluding hydrogens is 302 g/mol. The predicted octanol–water partition coefficient (Wildman–Crippen LogP) is 3.42. The number of halogens is 1. The Morgan fingerprint density at radius 1 is 1.32 bits per heavy atom. The summed E-state index contributed by atoms with van der Waals surface area (Å²) in [5.74, 6) is 0.474. The van der Waals surface area contributed by atoms with Crippen molar-refractivity contribution in [2.45, 2.75) is 39.2 Å². The largest absolute Gasteiger partial charge is 0.340 e. The molecule has 0 atom stereocenters. The van der Waals surface area contributed by atoms with Gasteiger partial charge in [0, 0.05) is 23.8 Å². The van der Waals surface area contributed by atoms with E-state index in [2.05, 4.69) is 54.0 Å². The van der Waals surface area contributed by atoms with Gasteiger partial charge in [-0.1, -0.05) is 40.2 Å². The van der Waals surface area contributed by atoms with Gasteiger partial charge in [-0.25, -0.2) is 0 Å². The van der Waals surface area contributed by atoms with Crippen LogP contribution in [0.1, 0.15) is 31.4 Å². The average Bonchev–Trinajstić information content (AvgIpc) is 2.82. The van der Waals surface area contributed by atoms with Crippen LogP contribution in [0.2, 0.25) is 0 Å². The van der Waals surface area contributed by atoms with E-state index in [1.165, 1.54) is 11.1 Å². The van der Waals surface area contributed by atoms with Crippen molar-refractivity contribution in [3.63, 3.8) is 0 Å². The first-order valence-electron chi connectivity index (χ1n) is 7.06. The molecule has 3 heteroatoms. The fourth-order valence-corrected chi connectivity index (χ4v) is 3.07. The highest BCUT2D eigenvalue weighted by atomic mass is 79.9. The molecule has 1 aromatic rings. The van der Waals surface area contributed by atoms with Gasteiger partial charge in [0.05, 0.1) is 0 Å². The standard InChI is InChI=1S/C16H22BrNO/c1-12(2)18(9-5-8-17)16(19)15-10-13-6-3-4-7-14(13)11-15/h3-4,6-7,12,15H,5,8-11H2,1-2H3. The second kappa shape index (κ2) is 6.56. The van der Waals surface area contributed by atoms with Crippen molar-refractivity contribution in [2.75, 3.05) is 11.9 Å². The van der Waals surface area contributed by atoms with Crippen LogP contribution in [0.25, 0.3) is 0 Å². The molecule has 0 bridgehead atoms. The summed E-state index contributed by atoms with van der Waals surface area (Å²) in [4.78, 5) is 14.7. The van der Waals surface area contributed by atoms with Gasteiger partial charge in [0.1, 0.15) is 0 Å². The van der Waals surface area contributed by atoms with Crippen LogP contribution in [0.4, 0.5) is 0 Å². The number of rotatable bonds is 5. The summed E-state index contributed by atoms with van der Waals surface area (Å²) >= 11 is 3.44. The zero-order chi connectivity index (χ0) is 13.8. The average molecular weight is 324 g/mol. The number of alkyl halides is 1. The van der Waals surface area contributed by atoms with E-state index < -0.39 is 0 Å². The van der Waals surface area contributed by atoms with E-state index in [9.17, 15) is 4.79 Å². The van der Waals surface area contributed by atoms with E-state index in [1.54, 1.807) is 0 Å². The minimum atomic E-state index is 0.148. The maximum Gasteiger partial charge on any atom is 0.226 e. The molecule has 1 aromatic carbocycles. The fraction of sp³-hybridized carbons (Fsp3) is 0.562. The smallest absolute Gasteiger partial charge is 0.226 e. The molecule has 0 N–H and O–H groups in total. The van der Waals surface area contributed by atoms with Gasteiger partial charge in [-0.3, -0.25) is 4.79 Å². The van der Waals surface area contributed by atoms with Crippen LogP contribution < -0.4 is 0 Å². The van der Waals surface area contributed by atoms with Crippen LogP contribution in [0.3, 0.4) is 0 Å². The van der Waals surface area contributed by atoms with Crippen LogP contribution in [0.5, 0.6) is 0 Å². The van der Waals surface area contributed by atoms with E-state index in [0.29, 0.717) is 5.91 Å². The molecule has 2 nitrogen and oxygen atoms in total. The molecule has 1 aliphatic carbocycles. The minimum Gasteiger partial charge on any atom is -0.340 e. The van der Waals surface area contributed by atoms with Gasteiger partial charge in [-0.15, -0.1) is 0 Å². The molecule has 0 saturated heterocycles. The summed E-state index contributed by atoms with van der Waals surface area (Å²) in [6, 6.07) is 8.73. The molecule has 1 amide bonds. The molecule has 0 radical (unpaired) electrons. The number of hydrogen-bond acceptors (Lipinski definition) is 1. The SMILES string of the molecule is CC(C)N(CCCBr)C(=O)C1Cc2ccccc2C1. The number of amides is 1. The van der Waals surface area contributed by atoms with Crippen LogP contribution in [0, 0.1) is 5.92 Å².